The summed E-state index contributed by atoms with van der Waals surface area (Å²) in [7, 11) is 1.91. The number of nitrogens with zero attached hydrogens (tertiary/aromatic N) is 5. The number of thiophene rings is 1. The number of anilines is 1. The van der Waals surface area contributed by atoms with Crippen LogP contribution in [0.2, 0.25) is 0 Å². The largest absolute Gasteiger partial charge is 0.321 e. The van der Waals surface area contributed by atoms with Gasteiger partial charge in [0.15, 0.2) is 5.16 Å². The van der Waals surface area contributed by atoms with Crippen LogP contribution in [0.3, 0.4) is 0 Å². The lowest BCUT2D eigenvalue weighted by molar-refractivity contribution is 0.103. The van der Waals surface area contributed by atoms with Crippen LogP contribution < -0.4 is 5.32 Å². The van der Waals surface area contributed by atoms with E-state index in [1.807, 2.05) is 71.8 Å². The topological polar surface area (TPSA) is 77.6 Å². The van der Waals surface area contributed by atoms with Gasteiger partial charge in [-0.15, -0.1) is 21.5 Å². The second kappa shape index (κ2) is 8.60. The fraction of sp³-hybridized carbons (Fsp3) is 0.130. The predicted octanol–water partition coefficient (Wildman–Crippen LogP) is 4.99. The molecule has 0 saturated heterocycles. The number of carbonyl (C=O) groups excluding carboxylic acids is 1. The van der Waals surface area contributed by atoms with E-state index in [1.54, 1.807) is 6.33 Å². The first-order valence-corrected chi connectivity index (χ1v) is 11.6. The molecule has 1 N–H and O–H groups in total. The Morgan fingerprint density at radius 3 is 2.62 bits per heavy atom. The van der Waals surface area contributed by atoms with E-state index in [9.17, 15) is 4.79 Å². The van der Waals surface area contributed by atoms with Crippen molar-refractivity contribution in [3.63, 3.8) is 0 Å². The number of benzene rings is 2. The van der Waals surface area contributed by atoms with Crippen LogP contribution in [-0.2, 0) is 13.6 Å². The van der Waals surface area contributed by atoms with E-state index in [0.717, 1.165) is 31.6 Å². The lowest BCUT2D eigenvalue weighted by Gasteiger charge is -2.05. The molecule has 0 aliphatic rings. The molecule has 0 spiro atoms. The van der Waals surface area contributed by atoms with E-state index >= 15 is 0 Å². The molecule has 0 aliphatic heterocycles. The Bertz CT molecular complexity index is 1390. The predicted molar refractivity (Wildman–Crippen MR) is 127 cm³/mol. The van der Waals surface area contributed by atoms with Crippen LogP contribution >= 0.6 is 23.1 Å². The highest BCUT2D eigenvalue weighted by atomic mass is 32.2. The summed E-state index contributed by atoms with van der Waals surface area (Å²) >= 11 is 2.99. The number of hydrogen-bond donors (Lipinski definition) is 1. The zero-order valence-electron chi connectivity index (χ0n) is 17.5. The van der Waals surface area contributed by atoms with Crippen LogP contribution in [0, 0.1) is 6.92 Å². The van der Waals surface area contributed by atoms with Gasteiger partial charge in [0, 0.05) is 23.0 Å². The van der Waals surface area contributed by atoms with Gasteiger partial charge >= 0.3 is 0 Å². The van der Waals surface area contributed by atoms with Crippen LogP contribution in [0.1, 0.15) is 20.9 Å². The van der Waals surface area contributed by atoms with E-state index in [-0.39, 0.29) is 5.91 Å². The lowest BCUT2D eigenvalue weighted by Crippen LogP contribution is -2.10. The van der Waals surface area contributed by atoms with Crippen molar-refractivity contribution in [1.29, 1.82) is 0 Å². The Morgan fingerprint density at radius 1 is 1.12 bits per heavy atom. The number of nitrogens with one attached hydrogen (secondary N) is 1. The van der Waals surface area contributed by atoms with E-state index in [1.165, 1.54) is 28.7 Å². The summed E-state index contributed by atoms with van der Waals surface area (Å²) in [6.45, 7) is 2.66. The quantitative estimate of drug-likeness (QED) is 0.386. The fourth-order valence-electron chi connectivity index (χ4n) is 3.36. The monoisotopic (exact) mass is 460 g/mol. The number of amides is 1. The van der Waals surface area contributed by atoms with Crippen molar-refractivity contribution in [2.24, 2.45) is 7.05 Å². The number of fused-ring (bicyclic) bond motifs is 1. The maximum absolute atomic E-state index is 12.9. The zero-order chi connectivity index (χ0) is 22.1. The van der Waals surface area contributed by atoms with Crippen molar-refractivity contribution in [2.45, 2.75) is 23.5 Å². The molecular weight excluding hydrogens is 440 g/mol. The van der Waals surface area contributed by atoms with E-state index in [4.69, 9.17) is 0 Å². The summed E-state index contributed by atoms with van der Waals surface area (Å²) in [5, 5.41) is 17.4. The van der Waals surface area contributed by atoms with Crippen molar-refractivity contribution in [2.75, 3.05) is 5.32 Å². The van der Waals surface area contributed by atoms with Crippen molar-refractivity contribution >= 4 is 44.9 Å². The Hall–Kier alpha value is -3.43. The van der Waals surface area contributed by atoms with Crippen molar-refractivity contribution in [1.82, 2.24) is 24.5 Å². The average molecular weight is 461 g/mol. The molecule has 7 nitrogen and oxygen atoms in total. The maximum Gasteiger partial charge on any atom is 0.265 e. The molecule has 3 aromatic heterocycles. The smallest absolute Gasteiger partial charge is 0.265 e. The fourth-order valence-corrected chi connectivity index (χ4v) is 5.18. The average Bonchev–Trinajstić information content (AvgIpc) is 3.48. The van der Waals surface area contributed by atoms with Gasteiger partial charge in [-0.05, 0) is 54.6 Å². The number of aromatic nitrogens is 5. The van der Waals surface area contributed by atoms with Crippen LogP contribution in [0.5, 0.6) is 0 Å². The second-order valence-electron chi connectivity index (χ2n) is 7.36. The first-order chi connectivity index (χ1) is 15.6. The first kappa shape index (κ1) is 20.5. The van der Waals surface area contributed by atoms with Crippen LogP contribution in [-0.4, -0.2) is 30.5 Å². The molecule has 0 unspecified atom stereocenters. The van der Waals surface area contributed by atoms with E-state index < -0.39 is 0 Å². The minimum atomic E-state index is -0.120. The van der Waals surface area contributed by atoms with Gasteiger partial charge in [0.25, 0.3) is 5.91 Å². The summed E-state index contributed by atoms with van der Waals surface area (Å²) in [4.78, 5) is 15.6. The summed E-state index contributed by atoms with van der Waals surface area (Å²) in [5.41, 5.74) is 2.85. The summed E-state index contributed by atoms with van der Waals surface area (Å²) in [6, 6.07) is 19.8. The number of carbonyl (C=O) groups is 1. The van der Waals surface area contributed by atoms with Gasteiger partial charge in [0.1, 0.15) is 11.2 Å². The van der Waals surface area contributed by atoms with Crippen LogP contribution in [0.4, 0.5) is 5.69 Å². The molecule has 5 aromatic rings. The molecule has 3 heterocycles. The van der Waals surface area contributed by atoms with E-state index in [2.05, 4.69) is 32.7 Å². The molecule has 9 heteroatoms. The molecule has 0 bridgehead atoms. The van der Waals surface area contributed by atoms with Crippen LogP contribution in [0.25, 0.3) is 10.2 Å². The van der Waals surface area contributed by atoms with Crippen LogP contribution in [0.15, 0.2) is 77.0 Å². The first-order valence-electron chi connectivity index (χ1n) is 10.0. The highest BCUT2D eigenvalue weighted by Crippen LogP contribution is 2.30. The van der Waals surface area contributed by atoms with Gasteiger partial charge in [-0.2, -0.15) is 5.10 Å². The number of hydrogen-bond acceptors (Lipinski definition) is 6. The molecule has 0 fully saturated rings. The molecule has 5 rings (SSSR count). The minimum Gasteiger partial charge on any atom is -0.321 e. The maximum atomic E-state index is 12.9. The summed E-state index contributed by atoms with van der Waals surface area (Å²) in [6.07, 6.45) is 1.67. The van der Waals surface area contributed by atoms with Crippen molar-refractivity contribution in [3.05, 3.63) is 83.1 Å². The molecule has 1 amide bonds. The molecular formula is C23H20N6OS2. The Labute approximate surface area is 193 Å². The third-order valence-corrected chi connectivity index (χ3v) is 7.20. The van der Waals surface area contributed by atoms with Gasteiger partial charge < -0.3 is 9.88 Å². The Balaban J connectivity index is 1.31. The van der Waals surface area contributed by atoms with Crippen molar-refractivity contribution in [3.8, 4) is 0 Å². The van der Waals surface area contributed by atoms with E-state index in [0.29, 0.717) is 11.4 Å². The molecule has 0 aliphatic carbocycles. The SMILES string of the molecule is Cc1nn(Cc2ccccc2)c2sc(C(=O)Nc3ccc(Sc4nncn4C)cc3)cc12. The third kappa shape index (κ3) is 4.17. The molecule has 0 radical (unpaired) electrons. The number of rotatable bonds is 6. The molecule has 32 heavy (non-hydrogen) atoms. The molecule has 0 saturated carbocycles. The standard InChI is InChI=1S/C23H20N6OS2/c1-15-19-12-20(32-22(19)29(27-15)13-16-6-4-3-5-7-16)21(30)25-17-8-10-18(11-9-17)31-23-26-24-14-28(23)2/h3-12,14H,13H2,1-2H3,(H,25,30). The zero-order valence-corrected chi connectivity index (χ0v) is 19.2. The third-order valence-electron chi connectivity index (χ3n) is 5.00. The second-order valence-corrected chi connectivity index (χ2v) is 9.43. The minimum absolute atomic E-state index is 0.120. The van der Waals surface area contributed by atoms with Gasteiger partial charge in [0.2, 0.25) is 0 Å². The molecule has 160 valence electrons. The summed E-state index contributed by atoms with van der Waals surface area (Å²) < 4.78 is 3.84. The summed E-state index contributed by atoms with van der Waals surface area (Å²) in [5.74, 6) is -0.120. The number of aryl methyl sites for hydroxylation is 2. The normalized spacial score (nSPS) is 11.2. The van der Waals surface area contributed by atoms with Gasteiger partial charge in [-0.1, -0.05) is 30.3 Å². The molecule has 0 atom stereocenters. The Morgan fingerprint density at radius 2 is 1.91 bits per heavy atom. The highest BCUT2D eigenvalue weighted by molar-refractivity contribution is 7.99. The highest BCUT2D eigenvalue weighted by Gasteiger charge is 2.17. The van der Waals surface area contributed by atoms with Gasteiger partial charge in [-0.3, -0.25) is 9.48 Å². The van der Waals surface area contributed by atoms with Gasteiger partial charge in [-0.25, -0.2) is 0 Å². The van der Waals surface area contributed by atoms with Crippen molar-refractivity contribution < 1.29 is 4.79 Å². The lowest BCUT2D eigenvalue weighted by atomic mass is 10.2. The van der Waals surface area contributed by atoms with Gasteiger partial charge in [0.05, 0.1) is 17.1 Å². The molecule has 2 aromatic carbocycles. The Kier molecular flexibility index (Phi) is 5.50.